The predicted molar refractivity (Wildman–Crippen MR) is 100 cm³/mol. The summed E-state index contributed by atoms with van der Waals surface area (Å²) in [7, 11) is 0. The lowest BCUT2D eigenvalue weighted by Crippen LogP contribution is -2.44. The highest BCUT2D eigenvalue weighted by Gasteiger charge is 2.24. The average molecular weight is 355 g/mol. The zero-order valence-corrected chi connectivity index (χ0v) is 16.3. The number of rotatable bonds is 8. The number of alkyl carbamates (subject to hydrolysis) is 1. The van der Waals surface area contributed by atoms with Crippen LogP contribution in [0.2, 0.25) is 0 Å². The zero-order valence-electron chi connectivity index (χ0n) is 16.3. The summed E-state index contributed by atoms with van der Waals surface area (Å²) in [4.78, 5) is 23.5. The van der Waals surface area contributed by atoms with Gasteiger partial charge in [0.2, 0.25) is 0 Å². The number of amides is 3. The van der Waals surface area contributed by atoms with Gasteiger partial charge in [-0.3, -0.25) is 0 Å². The van der Waals surface area contributed by atoms with Gasteiger partial charge in [-0.2, -0.15) is 0 Å². The standard InChI is InChI=1S/C19H36N3O3/c1-5-6-7-8-13-20-17(23)22-16-11-9-15(10-12-16)14-21-18(24)25-19(2,3)4/h14-16H,5-13H2,1-4H3,(H,21,24)(H2,20,22,23)/t15-,16-. The van der Waals surface area contributed by atoms with E-state index in [1.807, 2.05) is 27.3 Å². The van der Waals surface area contributed by atoms with Crippen molar-refractivity contribution in [3.8, 4) is 0 Å². The first-order valence-electron chi connectivity index (χ1n) is 9.67. The summed E-state index contributed by atoms with van der Waals surface area (Å²) in [5.74, 6) is 0.336. The maximum atomic E-state index is 11.9. The Morgan fingerprint density at radius 2 is 1.76 bits per heavy atom. The van der Waals surface area contributed by atoms with Gasteiger partial charge in [-0.15, -0.1) is 0 Å². The van der Waals surface area contributed by atoms with Crippen molar-refractivity contribution in [3.05, 3.63) is 6.54 Å². The van der Waals surface area contributed by atoms with E-state index in [2.05, 4.69) is 22.9 Å². The van der Waals surface area contributed by atoms with E-state index in [-0.39, 0.29) is 12.1 Å². The fourth-order valence-electron chi connectivity index (χ4n) is 2.91. The van der Waals surface area contributed by atoms with Crippen LogP contribution in [0.1, 0.15) is 79.1 Å². The Morgan fingerprint density at radius 3 is 2.36 bits per heavy atom. The van der Waals surface area contributed by atoms with Crippen molar-refractivity contribution in [2.45, 2.75) is 90.7 Å². The van der Waals surface area contributed by atoms with Gasteiger partial charge >= 0.3 is 12.1 Å². The molecule has 3 N–H and O–H groups in total. The van der Waals surface area contributed by atoms with Crippen LogP contribution in [0.25, 0.3) is 0 Å². The molecular weight excluding hydrogens is 318 g/mol. The number of ether oxygens (including phenoxy) is 1. The molecule has 6 heteroatoms. The Bertz CT molecular complexity index is 399. The van der Waals surface area contributed by atoms with Gasteiger partial charge in [0, 0.05) is 12.6 Å². The van der Waals surface area contributed by atoms with Crippen LogP contribution in [0, 0.1) is 12.5 Å². The summed E-state index contributed by atoms with van der Waals surface area (Å²) in [6.45, 7) is 10.3. The van der Waals surface area contributed by atoms with Crippen LogP contribution >= 0.6 is 0 Å². The molecule has 0 bridgehead atoms. The summed E-state index contributed by atoms with van der Waals surface area (Å²) in [5, 5.41) is 8.70. The topological polar surface area (TPSA) is 79.5 Å². The second kappa shape index (κ2) is 11.2. The Morgan fingerprint density at radius 1 is 1.08 bits per heavy atom. The van der Waals surface area contributed by atoms with Crippen LogP contribution in [0.4, 0.5) is 9.59 Å². The number of unbranched alkanes of at least 4 members (excludes halogenated alkanes) is 3. The molecule has 0 unspecified atom stereocenters. The fraction of sp³-hybridized carbons (Fsp3) is 0.842. The molecule has 0 aromatic heterocycles. The third-order valence-electron chi connectivity index (χ3n) is 4.26. The van der Waals surface area contributed by atoms with Crippen LogP contribution in [0.15, 0.2) is 0 Å². The lowest BCUT2D eigenvalue weighted by molar-refractivity contribution is 0.0534. The lowest BCUT2D eigenvalue weighted by atomic mass is 9.86. The van der Waals surface area contributed by atoms with Gasteiger partial charge in [-0.25, -0.2) is 9.59 Å². The normalized spacial score (nSPS) is 20.6. The highest BCUT2D eigenvalue weighted by molar-refractivity contribution is 5.74. The van der Waals surface area contributed by atoms with Crippen molar-refractivity contribution in [1.82, 2.24) is 16.0 Å². The molecule has 0 heterocycles. The number of urea groups is 1. The molecule has 0 aromatic rings. The fourth-order valence-corrected chi connectivity index (χ4v) is 2.91. The summed E-state index contributed by atoms with van der Waals surface area (Å²) in [5.41, 5.74) is -0.483. The molecule has 0 saturated heterocycles. The molecule has 0 aliphatic heterocycles. The van der Waals surface area contributed by atoms with Crippen LogP contribution < -0.4 is 16.0 Å². The Kier molecular flexibility index (Phi) is 9.68. The van der Waals surface area contributed by atoms with E-state index in [4.69, 9.17) is 4.74 Å². The number of nitrogens with one attached hydrogen (secondary N) is 3. The first kappa shape index (κ1) is 21.6. The van der Waals surface area contributed by atoms with E-state index in [0.29, 0.717) is 5.92 Å². The molecule has 145 valence electrons. The molecule has 1 fully saturated rings. The van der Waals surface area contributed by atoms with E-state index < -0.39 is 11.7 Å². The van der Waals surface area contributed by atoms with Gasteiger partial charge in [0.05, 0.1) is 6.54 Å². The quantitative estimate of drug-likeness (QED) is 0.574. The van der Waals surface area contributed by atoms with Gasteiger partial charge in [0.15, 0.2) is 0 Å². The summed E-state index contributed by atoms with van der Waals surface area (Å²) >= 11 is 0. The van der Waals surface area contributed by atoms with Gasteiger partial charge < -0.3 is 20.7 Å². The number of hydrogen-bond acceptors (Lipinski definition) is 3. The van der Waals surface area contributed by atoms with E-state index in [1.165, 1.54) is 19.3 Å². The molecular formula is C19H36N3O3. The van der Waals surface area contributed by atoms with Gasteiger partial charge in [0.1, 0.15) is 5.60 Å². The van der Waals surface area contributed by atoms with Crippen molar-refractivity contribution in [3.63, 3.8) is 0 Å². The maximum Gasteiger partial charge on any atom is 0.407 e. The van der Waals surface area contributed by atoms with E-state index in [0.717, 1.165) is 38.6 Å². The van der Waals surface area contributed by atoms with Crippen molar-refractivity contribution >= 4 is 12.1 Å². The number of hydrogen-bond donors (Lipinski definition) is 3. The lowest BCUT2D eigenvalue weighted by Gasteiger charge is -2.29. The minimum Gasteiger partial charge on any atom is -0.444 e. The number of carbonyl (C=O) groups is 2. The molecule has 0 spiro atoms. The first-order valence-corrected chi connectivity index (χ1v) is 9.67. The van der Waals surface area contributed by atoms with E-state index in [1.54, 1.807) is 0 Å². The highest BCUT2D eigenvalue weighted by atomic mass is 16.6. The second-order valence-corrected chi connectivity index (χ2v) is 7.89. The maximum absolute atomic E-state index is 11.9. The third-order valence-corrected chi connectivity index (χ3v) is 4.26. The summed E-state index contributed by atoms with van der Waals surface area (Å²) < 4.78 is 5.22. The first-order chi connectivity index (χ1) is 11.8. The Hall–Kier alpha value is -1.46. The van der Waals surface area contributed by atoms with E-state index in [9.17, 15) is 9.59 Å². The average Bonchev–Trinajstić information content (AvgIpc) is 2.52. The third kappa shape index (κ3) is 10.9. The van der Waals surface area contributed by atoms with Crippen molar-refractivity contribution in [1.29, 1.82) is 0 Å². The molecule has 3 amide bonds. The van der Waals surface area contributed by atoms with Crippen molar-refractivity contribution < 1.29 is 14.3 Å². The highest BCUT2D eigenvalue weighted by Crippen LogP contribution is 2.25. The molecule has 25 heavy (non-hydrogen) atoms. The largest absolute Gasteiger partial charge is 0.444 e. The Balaban J connectivity index is 2.11. The predicted octanol–water partition coefficient (Wildman–Crippen LogP) is 4.11. The van der Waals surface area contributed by atoms with Crippen molar-refractivity contribution in [2.75, 3.05) is 6.54 Å². The minimum absolute atomic E-state index is 0.0594. The van der Waals surface area contributed by atoms with Crippen LogP contribution in [-0.4, -0.2) is 30.3 Å². The summed E-state index contributed by atoms with van der Waals surface area (Å²) in [6.07, 6.45) is 8.00. The number of carbonyl (C=O) groups excluding carboxylic acids is 2. The van der Waals surface area contributed by atoms with Crippen molar-refractivity contribution in [2.24, 2.45) is 5.92 Å². The summed E-state index contributed by atoms with van der Waals surface area (Å²) in [6, 6.07) is 0.164. The molecule has 6 nitrogen and oxygen atoms in total. The smallest absolute Gasteiger partial charge is 0.407 e. The SMILES string of the molecule is CCCCCCNC(=O)N[C@H]1CC[C@H]([CH]NC(=O)OC(C)(C)C)CC1. The van der Waals surface area contributed by atoms with Gasteiger partial charge in [0.25, 0.3) is 0 Å². The molecule has 0 aromatic carbocycles. The monoisotopic (exact) mass is 354 g/mol. The van der Waals surface area contributed by atoms with Crippen LogP contribution in [0.5, 0.6) is 0 Å². The van der Waals surface area contributed by atoms with Gasteiger partial charge in [-0.1, -0.05) is 26.2 Å². The minimum atomic E-state index is -0.483. The van der Waals surface area contributed by atoms with E-state index >= 15 is 0 Å². The molecule has 1 aliphatic rings. The molecule has 0 atom stereocenters. The van der Waals surface area contributed by atoms with Crippen LogP contribution in [-0.2, 0) is 4.74 Å². The molecule has 1 aliphatic carbocycles. The molecule has 1 rings (SSSR count). The van der Waals surface area contributed by atoms with Crippen LogP contribution in [0.3, 0.4) is 0 Å². The molecule has 1 saturated carbocycles. The zero-order chi connectivity index (χ0) is 18.7. The van der Waals surface area contributed by atoms with Gasteiger partial charge in [-0.05, 0) is 58.8 Å². The Labute approximate surface area is 152 Å². The second-order valence-electron chi connectivity index (χ2n) is 7.89. The molecule has 1 radical (unpaired) electrons.